The third-order valence-electron chi connectivity index (χ3n) is 3.40. The van der Waals surface area contributed by atoms with Gasteiger partial charge in [-0.15, -0.1) is 0 Å². The molecule has 6 heteroatoms. The van der Waals surface area contributed by atoms with Crippen LogP contribution >= 0.6 is 11.6 Å². The summed E-state index contributed by atoms with van der Waals surface area (Å²) in [6.45, 7) is 4.27. The van der Waals surface area contributed by atoms with Crippen LogP contribution in [0.3, 0.4) is 0 Å². The lowest BCUT2D eigenvalue weighted by Crippen LogP contribution is -2.36. The second kappa shape index (κ2) is 6.22. The Hall–Kier alpha value is -0.620. The van der Waals surface area contributed by atoms with Crippen LogP contribution in [0.2, 0.25) is 5.02 Å². The molecular formula is C13H19ClN2O2S. The monoisotopic (exact) mass is 302 g/mol. The Morgan fingerprint density at radius 3 is 2.68 bits per heavy atom. The van der Waals surface area contributed by atoms with Crippen LogP contribution in [0, 0.1) is 12.8 Å². The molecule has 0 aromatic heterocycles. The molecule has 106 valence electrons. The first-order valence-electron chi connectivity index (χ1n) is 6.45. The Labute approximate surface area is 119 Å². The Bertz CT molecular complexity index is 540. The minimum atomic E-state index is -3.51. The van der Waals surface area contributed by atoms with Gasteiger partial charge >= 0.3 is 0 Å². The van der Waals surface area contributed by atoms with E-state index in [0.29, 0.717) is 12.5 Å². The van der Waals surface area contributed by atoms with Crippen molar-refractivity contribution in [1.82, 2.24) is 10.0 Å². The molecule has 0 spiro atoms. The van der Waals surface area contributed by atoms with Gasteiger partial charge in [-0.3, -0.25) is 0 Å². The molecule has 4 nitrogen and oxygen atoms in total. The Morgan fingerprint density at radius 2 is 2.05 bits per heavy atom. The zero-order chi connectivity index (χ0) is 13.9. The lowest BCUT2D eigenvalue weighted by molar-refractivity contribution is 0.372. The molecule has 1 fully saturated rings. The van der Waals surface area contributed by atoms with Crippen LogP contribution in [0.1, 0.15) is 18.4 Å². The maximum Gasteiger partial charge on any atom is 0.242 e. The summed E-state index contributed by atoms with van der Waals surface area (Å²) in [6, 6.07) is 4.98. The largest absolute Gasteiger partial charge is 0.317 e. The summed E-state index contributed by atoms with van der Waals surface area (Å²) in [5.74, 6) is 0.403. The first-order valence-corrected chi connectivity index (χ1v) is 8.32. The molecule has 0 bridgehead atoms. The van der Waals surface area contributed by atoms with Gasteiger partial charge < -0.3 is 5.32 Å². The fourth-order valence-electron chi connectivity index (χ4n) is 2.21. The zero-order valence-electron chi connectivity index (χ0n) is 10.9. The van der Waals surface area contributed by atoms with Gasteiger partial charge in [-0.05, 0) is 56.5 Å². The number of sulfonamides is 1. The Kier molecular flexibility index (Phi) is 4.84. The summed E-state index contributed by atoms with van der Waals surface area (Å²) in [6.07, 6.45) is 2.01. The molecule has 1 heterocycles. The number of rotatable bonds is 4. The average molecular weight is 303 g/mol. The van der Waals surface area contributed by atoms with Crippen LogP contribution in [0.25, 0.3) is 0 Å². The van der Waals surface area contributed by atoms with E-state index in [1.54, 1.807) is 18.2 Å². The molecule has 0 unspecified atom stereocenters. The van der Waals surface area contributed by atoms with Crippen LogP contribution in [-0.4, -0.2) is 28.1 Å². The minimum absolute atomic E-state index is 0.161. The van der Waals surface area contributed by atoms with E-state index >= 15 is 0 Å². The minimum Gasteiger partial charge on any atom is -0.317 e. The molecular weight excluding hydrogens is 284 g/mol. The molecule has 2 N–H and O–H groups in total. The molecule has 1 aromatic carbocycles. The van der Waals surface area contributed by atoms with Crippen LogP contribution in [0.5, 0.6) is 0 Å². The lowest BCUT2D eigenvalue weighted by Gasteiger charge is -2.22. The van der Waals surface area contributed by atoms with Gasteiger partial charge in [0.2, 0.25) is 10.0 Å². The molecule has 1 aliphatic heterocycles. The predicted octanol–water partition coefficient (Wildman–Crippen LogP) is 1.93. The van der Waals surface area contributed by atoms with Gasteiger partial charge in [0.05, 0.1) is 5.02 Å². The first-order chi connectivity index (χ1) is 8.99. The normalized spacial score (nSPS) is 17.6. The van der Waals surface area contributed by atoms with E-state index < -0.39 is 10.0 Å². The number of nitrogens with one attached hydrogen (secondary N) is 2. The second-order valence-corrected chi connectivity index (χ2v) is 7.12. The summed E-state index contributed by atoms with van der Waals surface area (Å²) in [5, 5.41) is 3.54. The zero-order valence-corrected chi connectivity index (χ0v) is 12.5. The van der Waals surface area contributed by atoms with E-state index in [2.05, 4.69) is 10.0 Å². The summed E-state index contributed by atoms with van der Waals surface area (Å²) in [4.78, 5) is 0.161. The van der Waals surface area contributed by atoms with Gasteiger partial charge in [-0.1, -0.05) is 17.7 Å². The van der Waals surface area contributed by atoms with Crippen LogP contribution < -0.4 is 10.0 Å². The number of halogens is 1. The van der Waals surface area contributed by atoms with Crippen molar-refractivity contribution in [3.63, 3.8) is 0 Å². The van der Waals surface area contributed by atoms with Gasteiger partial charge in [-0.2, -0.15) is 0 Å². The SMILES string of the molecule is Cc1ccc(S(=O)(=O)NCC2CCNCC2)c(Cl)c1. The van der Waals surface area contributed by atoms with Crippen molar-refractivity contribution in [2.24, 2.45) is 5.92 Å². The summed E-state index contributed by atoms with van der Waals surface area (Å²) >= 11 is 6.01. The smallest absolute Gasteiger partial charge is 0.242 e. The quantitative estimate of drug-likeness (QED) is 0.893. The number of piperidine rings is 1. The Balaban J connectivity index is 2.05. The average Bonchev–Trinajstić information content (AvgIpc) is 2.37. The topological polar surface area (TPSA) is 58.2 Å². The van der Waals surface area contributed by atoms with E-state index in [9.17, 15) is 8.42 Å². The van der Waals surface area contributed by atoms with Crippen LogP contribution in [-0.2, 0) is 10.0 Å². The fourth-order valence-corrected chi connectivity index (χ4v) is 3.93. The van der Waals surface area contributed by atoms with Crippen molar-refractivity contribution < 1.29 is 8.42 Å². The maximum absolute atomic E-state index is 12.2. The van der Waals surface area contributed by atoms with E-state index in [1.807, 2.05) is 6.92 Å². The molecule has 0 radical (unpaired) electrons. The highest BCUT2D eigenvalue weighted by molar-refractivity contribution is 7.89. The van der Waals surface area contributed by atoms with E-state index in [4.69, 9.17) is 11.6 Å². The van der Waals surface area contributed by atoms with Crippen molar-refractivity contribution in [2.75, 3.05) is 19.6 Å². The molecule has 19 heavy (non-hydrogen) atoms. The highest BCUT2D eigenvalue weighted by Gasteiger charge is 2.20. The number of hydrogen-bond donors (Lipinski definition) is 2. The van der Waals surface area contributed by atoms with E-state index in [1.165, 1.54) is 0 Å². The van der Waals surface area contributed by atoms with Crippen molar-refractivity contribution in [3.8, 4) is 0 Å². The van der Waals surface area contributed by atoms with Crippen LogP contribution in [0.4, 0.5) is 0 Å². The van der Waals surface area contributed by atoms with Gasteiger partial charge in [-0.25, -0.2) is 13.1 Å². The number of aryl methyl sites for hydroxylation is 1. The van der Waals surface area contributed by atoms with Gasteiger partial charge in [0.15, 0.2) is 0 Å². The van der Waals surface area contributed by atoms with Gasteiger partial charge in [0, 0.05) is 6.54 Å². The molecule has 1 saturated heterocycles. The standard InChI is InChI=1S/C13H19ClN2O2S/c1-10-2-3-13(12(14)8-10)19(17,18)16-9-11-4-6-15-7-5-11/h2-3,8,11,15-16H,4-7,9H2,1H3. The molecule has 0 amide bonds. The lowest BCUT2D eigenvalue weighted by atomic mass is 9.99. The van der Waals surface area contributed by atoms with E-state index in [0.717, 1.165) is 31.5 Å². The summed E-state index contributed by atoms with van der Waals surface area (Å²) in [7, 11) is -3.51. The molecule has 1 aromatic rings. The van der Waals surface area contributed by atoms with Crippen molar-refractivity contribution >= 4 is 21.6 Å². The molecule has 1 aliphatic rings. The van der Waals surface area contributed by atoms with E-state index in [-0.39, 0.29) is 9.92 Å². The first kappa shape index (κ1) is 14.8. The predicted molar refractivity (Wildman–Crippen MR) is 77.0 cm³/mol. The van der Waals surface area contributed by atoms with Crippen molar-refractivity contribution in [1.29, 1.82) is 0 Å². The third-order valence-corrected chi connectivity index (χ3v) is 5.30. The fraction of sp³-hybridized carbons (Fsp3) is 0.538. The highest BCUT2D eigenvalue weighted by Crippen LogP contribution is 2.22. The van der Waals surface area contributed by atoms with Crippen molar-refractivity contribution in [3.05, 3.63) is 28.8 Å². The Morgan fingerprint density at radius 1 is 1.37 bits per heavy atom. The third kappa shape index (κ3) is 3.92. The summed E-state index contributed by atoms with van der Waals surface area (Å²) < 4.78 is 27.1. The maximum atomic E-state index is 12.2. The molecule has 0 aliphatic carbocycles. The van der Waals surface area contributed by atoms with Crippen LogP contribution in [0.15, 0.2) is 23.1 Å². The second-order valence-electron chi connectivity index (χ2n) is 4.98. The van der Waals surface area contributed by atoms with Gasteiger partial charge in [0.1, 0.15) is 4.90 Å². The number of hydrogen-bond acceptors (Lipinski definition) is 3. The van der Waals surface area contributed by atoms with Crippen molar-refractivity contribution in [2.45, 2.75) is 24.7 Å². The number of benzene rings is 1. The highest BCUT2D eigenvalue weighted by atomic mass is 35.5. The molecule has 2 rings (SSSR count). The van der Waals surface area contributed by atoms with Gasteiger partial charge in [0.25, 0.3) is 0 Å². The molecule has 0 saturated carbocycles. The molecule has 0 atom stereocenters. The summed E-state index contributed by atoms with van der Waals surface area (Å²) in [5.41, 5.74) is 0.947.